The van der Waals surface area contributed by atoms with E-state index in [4.69, 9.17) is 9.47 Å². The molecule has 0 aromatic carbocycles. The van der Waals surface area contributed by atoms with Crippen LogP contribution in [-0.4, -0.2) is 42.6 Å². The van der Waals surface area contributed by atoms with Crippen LogP contribution in [0.4, 0.5) is 8.78 Å². The Hall–Kier alpha value is -1.73. The van der Waals surface area contributed by atoms with E-state index in [2.05, 4.69) is 4.74 Å². The van der Waals surface area contributed by atoms with Crippen molar-refractivity contribution in [3.63, 3.8) is 0 Å². The average molecular weight is 374 g/mol. The fourth-order valence-electron chi connectivity index (χ4n) is 5.39. The van der Waals surface area contributed by atoms with E-state index in [9.17, 15) is 23.2 Å². The van der Waals surface area contributed by atoms with E-state index in [-0.39, 0.29) is 12.6 Å². The largest absolute Gasteiger partial charge is 0.462 e. The Morgan fingerprint density at radius 2 is 1.62 bits per heavy atom. The molecule has 0 spiro atoms. The third kappa shape index (κ3) is 3.69. The summed E-state index contributed by atoms with van der Waals surface area (Å²) in [5.74, 6) is -5.33. The first-order valence-corrected chi connectivity index (χ1v) is 8.95. The zero-order valence-electron chi connectivity index (χ0n) is 15.0. The number of rotatable bonds is 6. The van der Waals surface area contributed by atoms with Gasteiger partial charge in [0.25, 0.3) is 0 Å². The van der Waals surface area contributed by atoms with Crippen molar-refractivity contribution in [2.24, 2.45) is 17.3 Å². The number of alkyl halides is 2. The number of halogens is 2. The van der Waals surface area contributed by atoms with Crippen LogP contribution in [0.2, 0.25) is 0 Å². The Balaban J connectivity index is 1.59. The molecule has 4 bridgehead atoms. The Morgan fingerprint density at radius 1 is 1.04 bits per heavy atom. The maximum absolute atomic E-state index is 12.7. The number of esters is 3. The molecule has 4 rings (SSSR count). The molecular formula is C18H24F2O6. The monoisotopic (exact) mass is 374 g/mol. The molecule has 26 heavy (non-hydrogen) atoms. The van der Waals surface area contributed by atoms with Crippen LogP contribution in [0, 0.1) is 17.3 Å². The zero-order valence-corrected chi connectivity index (χ0v) is 15.0. The van der Waals surface area contributed by atoms with E-state index in [1.54, 1.807) is 0 Å². The van der Waals surface area contributed by atoms with Gasteiger partial charge in [0.15, 0.2) is 0 Å². The van der Waals surface area contributed by atoms with Crippen LogP contribution in [0.25, 0.3) is 0 Å². The molecule has 4 saturated carbocycles. The van der Waals surface area contributed by atoms with Crippen LogP contribution >= 0.6 is 0 Å². The van der Waals surface area contributed by atoms with Crippen LogP contribution in [-0.2, 0) is 28.6 Å². The Morgan fingerprint density at radius 3 is 2.15 bits per heavy atom. The summed E-state index contributed by atoms with van der Waals surface area (Å²) in [4.78, 5) is 35.2. The summed E-state index contributed by atoms with van der Waals surface area (Å²) in [6.07, 6.45) is 4.42. The van der Waals surface area contributed by atoms with Gasteiger partial charge in [-0.2, -0.15) is 8.78 Å². The summed E-state index contributed by atoms with van der Waals surface area (Å²) in [5.41, 5.74) is -1.29. The smallest absolute Gasteiger partial charge is 0.376 e. The first-order valence-electron chi connectivity index (χ1n) is 8.95. The lowest BCUT2D eigenvalue weighted by molar-refractivity contribution is -0.212. The number of ether oxygens (including phenoxy) is 3. The molecule has 2 unspecified atom stereocenters. The molecule has 2 atom stereocenters. The molecule has 8 heteroatoms. The van der Waals surface area contributed by atoms with Gasteiger partial charge in [0, 0.05) is 20.3 Å². The molecule has 6 nitrogen and oxygen atoms in total. The minimum atomic E-state index is -3.57. The summed E-state index contributed by atoms with van der Waals surface area (Å²) < 4.78 is 40.7. The van der Waals surface area contributed by atoms with Crippen molar-refractivity contribution in [2.45, 2.75) is 63.9 Å². The molecule has 0 aromatic heterocycles. The van der Waals surface area contributed by atoms with Gasteiger partial charge in [0.05, 0.1) is 5.41 Å². The summed E-state index contributed by atoms with van der Waals surface area (Å²) in [6, 6.07) is 0. The third-order valence-corrected chi connectivity index (χ3v) is 5.71. The van der Waals surface area contributed by atoms with Gasteiger partial charge >= 0.3 is 23.8 Å². The first kappa shape index (κ1) is 19.0. The lowest BCUT2D eigenvalue weighted by atomic mass is 9.48. The van der Waals surface area contributed by atoms with Crippen molar-refractivity contribution in [3.05, 3.63) is 0 Å². The van der Waals surface area contributed by atoms with Gasteiger partial charge < -0.3 is 14.2 Å². The second-order valence-corrected chi connectivity index (χ2v) is 8.18. The summed E-state index contributed by atoms with van der Waals surface area (Å²) in [5, 5.41) is 0. The highest BCUT2D eigenvalue weighted by molar-refractivity contribution is 5.78. The van der Waals surface area contributed by atoms with Crippen LogP contribution in [0.1, 0.15) is 52.4 Å². The van der Waals surface area contributed by atoms with Crippen LogP contribution in [0.5, 0.6) is 0 Å². The molecule has 0 aromatic rings. The highest BCUT2D eigenvalue weighted by Gasteiger charge is 2.62. The van der Waals surface area contributed by atoms with Crippen molar-refractivity contribution in [2.75, 3.05) is 13.2 Å². The van der Waals surface area contributed by atoms with Gasteiger partial charge in [-0.05, 0) is 43.9 Å². The highest BCUT2D eigenvalue weighted by atomic mass is 19.3. The van der Waals surface area contributed by atoms with Crippen molar-refractivity contribution in [3.8, 4) is 0 Å². The van der Waals surface area contributed by atoms with Crippen molar-refractivity contribution < 1.29 is 37.4 Å². The minimum absolute atomic E-state index is 0.266. The lowest BCUT2D eigenvalue weighted by Gasteiger charge is -2.59. The molecule has 0 aliphatic heterocycles. The van der Waals surface area contributed by atoms with E-state index < -0.39 is 35.5 Å². The van der Waals surface area contributed by atoms with Gasteiger partial charge in [-0.3, -0.25) is 9.59 Å². The molecule has 4 aliphatic rings. The summed E-state index contributed by atoms with van der Waals surface area (Å²) >= 11 is 0. The molecule has 0 amide bonds. The molecule has 0 heterocycles. The standard InChI is InChI=1S/C18H24F2O6/c1-11(21)26-18-8-12-5-13(9-18)7-17(6-12,10-18)15(23)25-4-3-24-14(22)16(2,19)20/h12-13H,3-10H2,1-2H3. The second kappa shape index (κ2) is 6.46. The molecule has 4 aliphatic carbocycles. The zero-order chi connectivity index (χ0) is 19.2. The summed E-state index contributed by atoms with van der Waals surface area (Å²) in [7, 11) is 0. The summed E-state index contributed by atoms with van der Waals surface area (Å²) in [6.45, 7) is 1.15. The fourth-order valence-corrected chi connectivity index (χ4v) is 5.39. The molecule has 146 valence electrons. The fraction of sp³-hybridized carbons (Fsp3) is 0.833. The molecule has 0 radical (unpaired) electrons. The first-order chi connectivity index (χ1) is 12.0. The van der Waals surface area contributed by atoms with Gasteiger partial charge in [-0.15, -0.1) is 0 Å². The number of hydrogen-bond acceptors (Lipinski definition) is 6. The highest BCUT2D eigenvalue weighted by Crippen LogP contribution is 2.63. The second-order valence-electron chi connectivity index (χ2n) is 8.18. The molecule has 4 fully saturated rings. The topological polar surface area (TPSA) is 78.9 Å². The van der Waals surface area contributed by atoms with Crippen molar-refractivity contribution in [1.82, 2.24) is 0 Å². The molecule has 0 saturated heterocycles. The van der Waals surface area contributed by atoms with E-state index >= 15 is 0 Å². The van der Waals surface area contributed by atoms with Gasteiger partial charge in [0.2, 0.25) is 0 Å². The third-order valence-electron chi connectivity index (χ3n) is 5.71. The van der Waals surface area contributed by atoms with Gasteiger partial charge in [-0.1, -0.05) is 0 Å². The van der Waals surface area contributed by atoms with E-state index in [1.807, 2.05) is 0 Å². The Kier molecular flexibility index (Phi) is 4.73. The van der Waals surface area contributed by atoms with E-state index in [1.165, 1.54) is 6.92 Å². The van der Waals surface area contributed by atoms with Gasteiger partial charge in [0.1, 0.15) is 18.8 Å². The van der Waals surface area contributed by atoms with Crippen molar-refractivity contribution >= 4 is 17.9 Å². The number of hydrogen-bond donors (Lipinski definition) is 0. The Labute approximate surface area is 150 Å². The predicted octanol–water partition coefficient (Wildman–Crippen LogP) is 2.63. The lowest BCUT2D eigenvalue weighted by Crippen LogP contribution is -2.60. The molecular weight excluding hydrogens is 350 g/mol. The van der Waals surface area contributed by atoms with Gasteiger partial charge in [-0.25, -0.2) is 4.79 Å². The quantitative estimate of drug-likeness (QED) is 0.404. The van der Waals surface area contributed by atoms with Crippen LogP contribution < -0.4 is 0 Å². The normalized spacial score (nSPS) is 35.1. The number of carbonyl (C=O) groups excluding carboxylic acids is 3. The maximum Gasteiger partial charge on any atom is 0.376 e. The SMILES string of the molecule is CC(=O)OC12CC3CC(C1)CC(C(=O)OCCOC(=O)C(C)(F)F)(C3)C2. The number of carbonyl (C=O) groups is 3. The average Bonchev–Trinajstić information content (AvgIpc) is 2.47. The van der Waals surface area contributed by atoms with Crippen molar-refractivity contribution in [1.29, 1.82) is 0 Å². The Bertz CT molecular complexity index is 597. The minimum Gasteiger partial charge on any atom is -0.462 e. The maximum atomic E-state index is 12.7. The van der Waals surface area contributed by atoms with Crippen LogP contribution in [0.15, 0.2) is 0 Å². The predicted molar refractivity (Wildman–Crippen MR) is 84.2 cm³/mol. The van der Waals surface area contributed by atoms with E-state index in [0.29, 0.717) is 38.0 Å². The molecule has 0 N–H and O–H groups in total. The van der Waals surface area contributed by atoms with Crippen LogP contribution in [0.3, 0.4) is 0 Å². The van der Waals surface area contributed by atoms with E-state index in [0.717, 1.165) is 19.3 Å².